The number of nitrogens with zero attached hydrogens (tertiary/aromatic N) is 5. The summed E-state index contributed by atoms with van der Waals surface area (Å²) in [6.45, 7) is 3.38. The first-order chi connectivity index (χ1) is 9.24. The molecule has 0 aromatic carbocycles. The maximum Gasteiger partial charge on any atom is 0.191 e. The van der Waals surface area contributed by atoms with Crippen LogP contribution in [0.15, 0.2) is 17.6 Å². The second kappa shape index (κ2) is 6.83. The third-order valence-corrected chi connectivity index (χ3v) is 3.64. The molecule has 0 aliphatic carbocycles. The molecular formula is C11H15ClN6S. The maximum atomic E-state index is 5.70. The second-order valence-electron chi connectivity index (χ2n) is 3.87. The molecule has 0 amide bonds. The SMILES string of the molecule is CCCn1c(CN)nnc1SCc1cnc(Cl)cn1. The fourth-order valence-electron chi connectivity index (χ4n) is 1.58. The lowest BCUT2D eigenvalue weighted by Crippen LogP contribution is -2.09. The molecule has 0 aliphatic heterocycles. The molecule has 2 N–H and O–H groups in total. The van der Waals surface area contributed by atoms with Gasteiger partial charge < -0.3 is 10.3 Å². The predicted octanol–water partition coefficient (Wildman–Crippen LogP) is 1.88. The molecule has 0 bridgehead atoms. The number of halogens is 1. The first-order valence-corrected chi connectivity index (χ1v) is 7.32. The lowest BCUT2D eigenvalue weighted by Gasteiger charge is -2.07. The highest BCUT2D eigenvalue weighted by molar-refractivity contribution is 7.98. The molecular weight excluding hydrogens is 284 g/mol. The van der Waals surface area contributed by atoms with E-state index in [1.165, 1.54) is 0 Å². The molecule has 0 atom stereocenters. The van der Waals surface area contributed by atoms with Gasteiger partial charge in [0.05, 0.1) is 24.6 Å². The van der Waals surface area contributed by atoms with Crippen molar-refractivity contribution in [1.82, 2.24) is 24.7 Å². The molecule has 2 aromatic rings. The first kappa shape index (κ1) is 14.2. The average Bonchev–Trinajstić information content (AvgIpc) is 2.81. The van der Waals surface area contributed by atoms with Crippen LogP contribution in [0.5, 0.6) is 0 Å². The van der Waals surface area contributed by atoms with Crippen LogP contribution in [0.4, 0.5) is 0 Å². The lowest BCUT2D eigenvalue weighted by molar-refractivity contribution is 0.592. The first-order valence-electron chi connectivity index (χ1n) is 5.96. The van der Waals surface area contributed by atoms with Gasteiger partial charge in [-0.1, -0.05) is 30.3 Å². The van der Waals surface area contributed by atoms with Crippen LogP contribution in [0.2, 0.25) is 5.15 Å². The van der Waals surface area contributed by atoms with Crippen molar-refractivity contribution in [3.05, 3.63) is 29.1 Å². The number of hydrogen-bond donors (Lipinski definition) is 1. The van der Waals surface area contributed by atoms with Crippen LogP contribution in [0.25, 0.3) is 0 Å². The maximum absolute atomic E-state index is 5.70. The van der Waals surface area contributed by atoms with E-state index in [4.69, 9.17) is 17.3 Å². The van der Waals surface area contributed by atoms with Crippen LogP contribution in [0, 0.1) is 0 Å². The quantitative estimate of drug-likeness (QED) is 0.820. The molecule has 0 saturated heterocycles. The third-order valence-electron chi connectivity index (χ3n) is 2.45. The zero-order valence-corrected chi connectivity index (χ0v) is 12.2. The van der Waals surface area contributed by atoms with E-state index in [0.29, 0.717) is 17.5 Å². The molecule has 0 unspecified atom stereocenters. The molecule has 0 saturated carbocycles. The standard InChI is InChI=1S/C11H15ClN6S/c1-2-3-18-10(4-13)16-17-11(18)19-7-8-5-15-9(12)6-14-8/h5-6H,2-4,7,13H2,1H3. The van der Waals surface area contributed by atoms with Crippen LogP contribution in [0.3, 0.4) is 0 Å². The Morgan fingerprint density at radius 2 is 2.16 bits per heavy atom. The highest BCUT2D eigenvalue weighted by atomic mass is 35.5. The molecule has 2 heterocycles. The Morgan fingerprint density at radius 3 is 2.79 bits per heavy atom. The molecule has 8 heteroatoms. The van der Waals surface area contributed by atoms with Gasteiger partial charge in [-0.05, 0) is 6.42 Å². The van der Waals surface area contributed by atoms with Crippen molar-refractivity contribution in [3.8, 4) is 0 Å². The van der Waals surface area contributed by atoms with E-state index in [1.807, 2.05) is 4.57 Å². The molecule has 2 aromatic heterocycles. The summed E-state index contributed by atoms with van der Waals surface area (Å²) in [4.78, 5) is 8.20. The lowest BCUT2D eigenvalue weighted by atomic mass is 10.4. The molecule has 0 spiro atoms. The summed E-state index contributed by atoms with van der Waals surface area (Å²) >= 11 is 7.27. The minimum absolute atomic E-state index is 0.397. The largest absolute Gasteiger partial charge is 0.324 e. The van der Waals surface area contributed by atoms with Gasteiger partial charge in [-0.15, -0.1) is 10.2 Å². The van der Waals surface area contributed by atoms with Crippen molar-refractivity contribution >= 4 is 23.4 Å². The average molecular weight is 299 g/mol. The normalized spacial score (nSPS) is 10.9. The van der Waals surface area contributed by atoms with Gasteiger partial charge in [0, 0.05) is 12.3 Å². The number of rotatable bonds is 6. The number of aromatic nitrogens is 5. The van der Waals surface area contributed by atoms with Crippen LogP contribution in [-0.2, 0) is 18.8 Å². The predicted molar refractivity (Wildman–Crippen MR) is 74.8 cm³/mol. The van der Waals surface area contributed by atoms with E-state index in [1.54, 1.807) is 24.2 Å². The van der Waals surface area contributed by atoms with Gasteiger partial charge in [0.15, 0.2) is 5.16 Å². The van der Waals surface area contributed by atoms with Gasteiger partial charge in [-0.2, -0.15) is 0 Å². The van der Waals surface area contributed by atoms with E-state index in [-0.39, 0.29) is 0 Å². The van der Waals surface area contributed by atoms with Crippen molar-refractivity contribution in [2.75, 3.05) is 0 Å². The minimum Gasteiger partial charge on any atom is -0.324 e. The zero-order valence-electron chi connectivity index (χ0n) is 10.6. The van der Waals surface area contributed by atoms with E-state index in [0.717, 1.165) is 29.6 Å². The smallest absolute Gasteiger partial charge is 0.191 e. The fourth-order valence-corrected chi connectivity index (χ4v) is 2.55. The summed E-state index contributed by atoms with van der Waals surface area (Å²) in [6.07, 6.45) is 4.22. The highest BCUT2D eigenvalue weighted by Gasteiger charge is 2.11. The third kappa shape index (κ3) is 3.65. The Labute approximate surface area is 120 Å². The van der Waals surface area contributed by atoms with Gasteiger partial charge >= 0.3 is 0 Å². The molecule has 0 radical (unpaired) electrons. The monoisotopic (exact) mass is 298 g/mol. The second-order valence-corrected chi connectivity index (χ2v) is 5.20. The molecule has 2 rings (SSSR count). The van der Waals surface area contributed by atoms with E-state index in [2.05, 4.69) is 27.1 Å². The number of hydrogen-bond acceptors (Lipinski definition) is 6. The van der Waals surface area contributed by atoms with Crippen molar-refractivity contribution in [2.24, 2.45) is 5.73 Å². The summed E-state index contributed by atoms with van der Waals surface area (Å²) < 4.78 is 2.05. The van der Waals surface area contributed by atoms with Crippen LogP contribution in [0.1, 0.15) is 24.9 Å². The Hall–Kier alpha value is -1.18. The Morgan fingerprint density at radius 1 is 1.32 bits per heavy atom. The minimum atomic E-state index is 0.397. The Kier molecular flexibility index (Phi) is 5.12. The van der Waals surface area contributed by atoms with Crippen molar-refractivity contribution < 1.29 is 0 Å². The van der Waals surface area contributed by atoms with Gasteiger partial charge in [0.1, 0.15) is 11.0 Å². The molecule has 102 valence electrons. The van der Waals surface area contributed by atoms with Gasteiger partial charge in [0.25, 0.3) is 0 Å². The molecule has 0 fully saturated rings. The fraction of sp³-hybridized carbons (Fsp3) is 0.455. The van der Waals surface area contributed by atoms with E-state index >= 15 is 0 Å². The number of nitrogens with two attached hydrogens (primary N) is 1. The van der Waals surface area contributed by atoms with E-state index in [9.17, 15) is 0 Å². The van der Waals surface area contributed by atoms with Crippen molar-refractivity contribution in [1.29, 1.82) is 0 Å². The summed E-state index contributed by atoms with van der Waals surface area (Å²) in [5.41, 5.74) is 6.50. The highest BCUT2D eigenvalue weighted by Crippen LogP contribution is 2.21. The number of thioether (sulfide) groups is 1. The molecule has 0 aliphatic rings. The Balaban J connectivity index is 2.06. The van der Waals surface area contributed by atoms with Gasteiger partial charge in [0.2, 0.25) is 0 Å². The molecule has 6 nitrogen and oxygen atoms in total. The van der Waals surface area contributed by atoms with Crippen LogP contribution >= 0.6 is 23.4 Å². The van der Waals surface area contributed by atoms with Crippen molar-refractivity contribution in [2.45, 2.75) is 37.3 Å². The zero-order chi connectivity index (χ0) is 13.7. The Bertz CT molecular complexity index is 526. The summed E-state index contributed by atoms with van der Waals surface area (Å²) in [5.74, 6) is 1.49. The van der Waals surface area contributed by atoms with Crippen LogP contribution < -0.4 is 5.73 Å². The summed E-state index contributed by atoms with van der Waals surface area (Å²) in [5, 5.41) is 9.51. The van der Waals surface area contributed by atoms with Gasteiger partial charge in [-0.25, -0.2) is 4.98 Å². The van der Waals surface area contributed by atoms with Crippen molar-refractivity contribution in [3.63, 3.8) is 0 Å². The van der Waals surface area contributed by atoms with Crippen LogP contribution in [-0.4, -0.2) is 24.7 Å². The summed E-state index contributed by atoms with van der Waals surface area (Å²) in [6, 6.07) is 0. The van der Waals surface area contributed by atoms with E-state index < -0.39 is 0 Å². The molecule has 19 heavy (non-hydrogen) atoms. The van der Waals surface area contributed by atoms with Gasteiger partial charge in [-0.3, -0.25) is 4.98 Å². The summed E-state index contributed by atoms with van der Waals surface area (Å²) in [7, 11) is 0. The topological polar surface area (TPSA) is 82.5 Å².